The lowest BCUT2D eigenvalue weighted by molar-refractivity contribution is 0.194. The highest BCUT2D eigenvalue weighted by molar-refractivity contribution is 5.66. The third-order valence-corrected chi connectivity index (χ3v) is 2.38. The van der Waals surface area contributed by atoms with Crippen LogP contribution in [0, 0.1) is 22.7 Å². The largest absolute Gasteiger partial charge is 0.385 e. The molecule has 1 N–H and O–H groups in total. The summed E-state index contributed by atoms with van der Waals surface area (Å²) in [6.45, 7) is 1.46. The van der Waals surface area contributed by atoms with E-state index in [0.717, 1.165) is 26.0 Å². The number of ether oxygens (including phenoxy) is 1. The van der Waals surface area contributed by atoms with Crippen molar-refractivity contribution in [1.29, 1.82) is 10.5 Å². The van der Waals surface area contributed by atoms with Crippen molar-refractivity contribution in [3.05, 3.63) is 29.3 Å². The number of benzene rings is 1. The van der Waals surface area contributed by atoms with Gasteiger partial charge in [0, 0.05) is 20.3 Å². The van der Waals surface area contributed by atoms with Crippen LogP contribution in [0.3, 0.4) is 0 Å². The molecule has 4 nitrogen and oxygen atoms in total. The van der Waals surface area contributed by atoms with Crippen LogP contribution in [0.15, 0.2) is 18.2 Å². The van der Waals surface area contributed by atoms with Gasteiger partial charge in [-0.05, 0) is 25.0 Å². The lowest BCUT2D eigenvalue weighted by Crippen LogP contribution is -2.06. The highest BCUT2D eigenvalue weighted by atomic mass is 16.5. The van der Waals surface area contributed by atoms with E-state index in [1.165, 1.54) is 0 Å². The first-order chi connectivity index (χ1) is 8.33. The van der Waals surface area contributed by atoms with Crippen molar-refractivity contribution in [2.45, 2.75) is 12.8 Å². The minimum absolute atomic E-state index is 0.510. The van der Waals surface area contributed by atoms with E-state index in [4.69, 9.17) is 15.3 Å². The first kappa shape index (κ1) is 13.0. The van der Waals surface area contributed by atoms with Crippen molar-refractivity contribution in [1.82, 2.24) is 0 Å². The molecule has 0 aliphatic carbocycles. The highest BCUT2D eigenvalue weighted by Gasteiger charge is 2.06. The zero-order valence-corrected chi connectivity index (χ0v) is 9.86. The van der Waals surface area contributed by atoms with Gasteiger partial charge in [-0.25, -0.2) is 0 Å². The number of rotatable bonds is 6. The number of unbranched alkanes of at least 4 members (excludes halogenated alkanes) is 1. The van der Waals surface area contributed by atoms with E-state index in [1.54, 1.807) is 25.3 Å². The van der Waals surface area contributed by atoms with Crippen molar-refractivity contribution in [2.24, 2.45) is 0 Å². The van der Waals surface area contributed by atoms with Crippen molar-refractivity contribution < 1.29 is 4.74 Å². The number of nitrogens with one attached hydrogen (secondary N) is 1. The van der Waals surface area contributed by atoms with E-state index in [2.05, 4.69) is 17.5 Å². The molecule has 0 atom stereocenters. The molecular weight excluding hydrogens is 214 g/mol. The predicted molar refractivity (Wildman–Crippen MR) is 65.5 cm³/mol. The summed E-state index contributed by atoms with van der Waals surface area (Å²) in [7, 11) is 1.67. The van der Waals surface area contributed by atoms with E-state index in [9.17, 15) is 0 Å². The molecule has 17 heavy (non-hydrogen) atoms. The summed E-state index contributed by atoms with van der Waals surface area (Å²) in [6.07, 6.45) is 1.90. The third-order valence-electron chi connectivity index (χ3n) is 2.38. The molecule has 0 bridgehead atoms. The Bertz CT molecular complexity index is 411. The zero-order valence-electron chi connectivity index (χ0n) is 9.86. The Morgan fingerprint density at radius 3 is 2.35 bits per heavy atom. The molecule has 0 saturated carbocycles. The fraction of sp³-hybridized carbons (Fsp3) is 0.385. The van der Waals surface area contributed by atoms with E-state index in [-0.39, 0.29) is 0 Å². The number of para-hydroxylation sites is 1. The zero-order chi connectivity index (χ0) is 12.5. The Hall–Kier alpha value is -2.04. The maximum Gasteiger partial charge on any atom is 0.101 e. The van der Waals surface area contributed by atoms with Gasteiger partial charge in [-0.3, -0.25) is 0 Å². The van der Waals surface area contributed by atoms with E-state index >= 15 is 0 Å². The summed E-state index contributed by atoms with van der Waals surface area (Å²) >= 11 is 0. The van der Waals surface area contributed by atoms with Gasteiger partial charge in [-0.2, -0.15) is 10.5 Å². The molecule has 1 aromatic carbocycles. The van der Waals surface area contributed by atoms with Gasteiger partial charge in [-0.15, -0.1) is 0 Å². The Labute approximate surface area is 101 Å². The molecule has 0 heterocycles. The predicted octanol–water partition coefficient (Wildman–Crippen LogP) is 2.27. The van der Waals surface area contributed by atoms with E-state index in [1.807, 2.05) is 0 Å². The number of hydrogen-bond acceptors (Lipinski definition) is 4. The van der Waals surface area contributed by atoms with Gasteiger partial charge in [0.05, 0.1) is 16.8 Å². The van der Waals surface area contributed by atoms with Gasteiger partial charge in [0.25, 0.3) is 0 Å². The van der Waals surface area contributed by atoms with Crippen LogP contribution in [0.25, 0.3) is 0 Å². The van der Waals surface area contributed by atoms with Crippen LogP contribution in [0.2, 0.25) is 0 Å². The molecule has 1 aromatic rings. The minimum atomic E-state index is 0.510. The van der Waals surface area contributed by atoms with Crippen LogP contribution < -0.4 is 5.32 Å². The number of anilines is 1. The van der Waals surface area contributed by atoms with Crippen LogP contribution in [0.1, 0.15) is 24.0 Å². The fourth-order valence-electron chi connectivity index (χ4n) is 1.51. The molecule has 0 saturated heterocycles. The van der Waals surface area contributed by atoms with Crippen LogP contribution in [-0.2, 0) is 4.74 Å². The SMILES string of the molecule is COCCCCNc1c(C#N)cccc1C#N. The Morgan fingerprint density at radius 1 is 1.18 bits per heavy atom. The lowest BCUT2D eigenvalue weighted by atomic mass is 10.1. The fourth-order valence-corrected chi connectivity index (χ4v) is 1.51. The molecule has 0 aliphatic rings. The Balaban J connectivity index is 2.63. The van der Waals surface area contributed by atoms with Gasteiger partial charge in [-0.1, -0.05) is 6.07 Å². The molecular formula is C13H15N3O. The van der Waals surface area contributed by atoms with E-state index in [0.29, 0.717) is 16.8 Å². The van der Waals surface area contributed by atoms with Crippen LogP contribution in [0.4, 0.5) is 5.69 Å². The molecule has 0 unspecified atom stereocenters. The second-order valence-corrected chi connectivity index (χ2v) is 3.58. The Morgan fingerprint density at radius 2 is 1.82 bits per heavy atom. The van der Waals surface area contributed by atoms with Gasteiger partial charge in [0.15, 0.2) is 0 Å². The maximum absolute atomic E-state index is 8.96. The third kappa shape index (κ3) is 3.79. The Kier molecular flexibility index (Phi) is 5.57. The summed E-state index contributed by atoms with van der Waals surface area (Å²) in [5, 5.41) is 21.1. The average molecular weight is 229 g/mol. The van der Waals surface area contributed by atoms with Crippen molar-refractivity contribution in [3.8, 4) is 12.1 Å². The second-order valence-electron chi connectivity index (χ2n) is 3.58. The van der Waals surface area contributed by atoms with Gasteiger partial charge < -0.3 is 10.1 Å². The van der Waals surface area contributed by atoms with Crippen molar-refractivity contribution in [2.75, 3.05) is 25.6 Å². The topological polar surface area (TPSA) is 68.8 Å². The molecule has 0 radical (unpaired) electrons. The molecule has 0 aliphatic heterocycles. The molecule has 0 spiro atoms. The minimum Gasteiger partial charge on any atom is -0.385 e. The highest BCUT2D eigenvalue weighted by Crippen LogP contribution is 2.19. The van der Waals surface area contributed by atoms with Gasteiger partial charge in [0.1, 0.15) is 12.1 Å². The summed E-state index contributed by atoms with van der Waals surface area (Å²) in [4.78, 5) is 0. The average Bonchev–Trinajstić information content (AvgIpc) is 2.38. The summed E-state index contributed by atoms with van der Waals surface area (Å²) in [5.41, 5.74) is 1.65. The van der Waals surface area contributed by atoms with Crippen LogP contribution in [0.5, 0.6) is 0 Å². The van der Waals surface area contributed by atoms with Crippen molar-refractivity contribution in [3.63, 3.8) is 0 Å². The number of nitrogens with zero attached hydrogens (tertiary/aromatic N) is 2. The molecule has 1 rings (SSSR count). The number of methoxy groups -OCH3 is 1. The quantitative estimate of drug-likeness (QED) is 0.760. The van der Waals surface area contributed by atoms with Gasteiger partial charge in [0.2, 0.25) is 0 Å². The van der Waals surface area contributed by atoms with Crippen molar-refractivity contribution >= 4 is 5.69 Å². The van der Waals surface area contributed by atoms with Crippen LogP contribution in [-0.4, -0.2) is 20.3 Å². The second kappa shape index (κ2) is 7.27. The lowest BCUT2D eigenvalue weighted by Gasteiger charge is -2.09. The number of nitriles is 2. The monoisotopic (exact) mass is 229 g/mol. The van der Waals surface area contributed by atoms with E-state index < -0.39 is 0 Å². The summed E-state index contributed by atoms with van der Waals surface area (Å²) < 4.78 is 4.95. The molecule has 0 fully saturated rings. The summed E-state index contributed by atoms with van der Waals surface area (Å²) in [5.74, 6) is 0. The van der Waals surface area contributed by atoms with Crippen LogP contribution >= 0.6 is 0 Å². The van der Waals surface area contributed by atoms with Gasteiger partial charge >= 0.3 is 0 Å². The molecule has 0 aromatic heterocycles. The normalized spacial score (nSPS) is 9.35. The number of hydrogen-bond donors (Lipinski definition) is 1. The summed E-state index contributed by atoms with van der Waals surface area (Å²) in [6, 6.07) is 9.30. The molecule has 4 heteroatoms. The smallest absolute Gasteiger partial charge is 0.101 e. The molecule has 88 valence electrons. The standard InChI is InChI=1S/C13H15N3O/c1-17-8-3-2-7-16-13-11(9-14)5-4-6-12(13)10-15/h4-6,16H,2-3,7-8H2,1H3. The first-order valence-corrected chi connectivity index (χ1v) is 5.49. The first-order valence-electron chi connectivity index (χ1n) is 5.49. The maximum atomic E-state index is 8.96. The molecule has 0 amide bonds.